The van der Waals surface area contributed by atoms with E-state index in [2.05, 4.69) is 45.6 Å². The lowest BCUT2D eigenvalue weighted by Crippen LogP contribution is -2.39. The van der Waals surface area contributed by atoms with Crippen molar-refractivity contribution in [1.29, 1.82) is 0 Å². The van der Waals surface area contributed by atoms with Crippen molar-refractivity contribution in [1.82, 2.24) is 21.3 Å². The van der Waals surface area contributed by atoms with Gasteiger partial charge in [-0.2, -0.15) is 0 Å². The fraction of sp³-hybridized carbons (Fsp3) is 0.750. The van der Waals surface area contributed by atoms with Gasteiger partial charge in [0.1, 0.15) is 0 Å². The van der Waals surface area contributed by atoms with Crippen molar-refractivity contribution in [3.63, 3.8) is 0 Å². The van der Waals surface area contributed by atoms with Crippen molar-refractivity contribution in [2.75, 3.05) is 26.2 Å². The summed E-state index contributed by atoms with van der Waals surface area (Å²) in [6.07, 6.45) is 18.4. The lowest BCUT2D eigenvalue weighted by molar-refractivity contribution is 0.236. The summed E-state index contributed by atoms with van der Waals surface area (Å²) < 4.78 is 0. The molecule has 0 aliphatic heterocycles. The van der Waals surface area contributed by atoms with Crippen LogP contribution in [0.2, 0.25) is 0 Å². The zero-order valence-corrected chi connectivity index (χ0v) is 18.1. The van der Waals surface area contributed by atoms with Crippen LogP contribution in [0.5, 0.6) is 0 Å². The lowest BCUT2D eigenvalue weighted by Gasteiger charge is -2.18. The molecule has 4 unspecified atom stereocenters. The maximum absolute atomic E-state index is 11.9. The number of urea groups is 2. The van der Waals surface area contributed by atoms with Gasteiger partial charge in [-0.3, -0.25) is 0 Å². The first-order valence-corrected chi connectivity index (χ1v) is 12.1. The predicted octanol–water partition coefficient (Wildman–Crippen LogP) is 3.57. The minimum absolute atomic E-state index is 0.0361. The van der Waals surface area contributed by atoms with E-state index in [4.69, 9.17) is 0 Å². The fourth-order valence-corrected chi connectivity index (χ4v) is 5.84. The number of carbonyl (C=O) groups excluding carboxylic acids is 2. The van der Waals surface area contributed by atoms with Gasteiger partial charge in [0.15, 0.2) is 0 Å². The Labute approximate surface area is 180 Å². The Balaban J connectivity index is 0.927. The molecule has 0 aromatic rings. The molecule has 0 saturated heterocycles. The summed E-state index contributed by atoms with van der Waals surface area (Å²) in [5, 5.41) is 12.0. The van der Waals surface area contributed by atoms with Crippen molar-refractivity contribution in [3.8, 4) is 0 Å². The third-order valence-electron chi connectivity index (χ3n) is 7.56. The van der Waals surface area contributed by atoms with Gasteiger partial charge in [-0.1, -0.05) is 37.1 Å². The number of hydrogen-bond donors (Lipinski definition) is 4. The molecule has 166 valence electrons. The zero-order valence-electron chi connectivity index (χ0n) is 18.1. The van der Waals surface area contributed by atoms with Crippen LogP contribution in [0, 0.1) is 35.5 Å². The molecule has 0 aromatic heterocycles. The Morgan fingerprint density at radius 1 is 0.600 bits per heavy atom. The van der Waals surface area contributed by atoms with E-state index < -0.39 is 0 Å². The van der Waals surface area contributed by atoms with E-state index in [1.165, 1.54) is 25.7 Å². The second-order valence-electron chi connectivity index (χ2n) is 9.77. The molecule has 4 bridgehead atoms. The number of carbonyl (C=O) groups is 2. The summed E-state index contributed by atoms with van der Waals surface area (Å²) in [6.45, 7) is 3.02. The highest BCUT2D eigenvalue weighted by Crippen LogP contribution is 2.43. The summed E-state index contributed by atoms with van der Waals surface area (Å²) >= 11 is 0. The van der Waals surface area contributed by atoms with E-state index in [0.29, 0.717) is 36.8 Å². The zero-order chi connectivity index (χ0) is 20.8. The van der Waals surface area contributed by atoms with Crippen molar-refractivity contribution < 1.29 is 9.59 Å². The van der Waals surface area contributed by atoms with E-state index in [0.717, 1.165) is 50.6 Å². The number of allylic oxidation sites excluding steroid dienone is 4. The first kappa shape index (κ1) is 21.3. The third kappa shape index (κ3) is 5.79. The Morgan fingerprint density at radius 2 is 1.07 bits per heavy atom. The largest absolute Gasteiger partial charge is 0.338 e. The lowest BCUT2D eigenvalue weighted by atomic mass is 9.94. The Morgan fingerprint density at radius 3 is 1.43 bits per heavy atom. The van der Waals surface area contributed by atoms with E-state index >= 15 is 0 Å². The molecule has 2 fully saturated rings. The number of amides is 4. The van der Waals surface area contributed by atoms with E-state index in [9.17, 15) is 9.59 Å². The molecule has 6 nitrogen and oxygen atoms in total. The first-order valence-electron chi connectivity index (χ1n) is 12.1. The number of unbranched alkanes of at least 4 members (excludes halogenated alkanes) is 3. The molecule has 0 radical (unpaired) electrons. The van der Waals surface area contributed by atoms with Crippen LogP contribution in [0.25, 0.3) is 0 Å². The molecular formula is C24H38N4O2. The average molecular weight is 415 g/mol. The molecule has 6 heteroatoms. The van der Waals surface area contributed by atoms with Gasteiger partial charge in [0.25, 0.3) is 0 Å². The van der Waals surface area contributed by atoms with Crippen molar-refractivity contribution >= 4 is 12.1 Å². The molecule has 0 aromatic carbocycles. The predicted molar refractivity (Wildman–Crippen MR) is 119 cm³/mol. The van der Waals surface area contributed by atoms with Gasteiger partial charge >= 0.3 is 12.1 Å². The molecular weight excluding hydrogens is 376 g/mol. The van der Waals surface area contributed by atoms with Crippen LogP contribution >= 0.6 is 0 Å². The summed E-state index contributed by atoms with van der Waals surface area (Å²) in [5.74, 6) is 4.12. The highest BCUT2D eigenvalue weighted by molar-refractivity contribution is 5.74. The maximum atomic E-state index is 11.9. The molecule has 30 heavy (non-hydrogen) atoms. The number of hydrogen-bond acceptors (Lipinski definition) is 2. The van der Waals surface area contributed by atoms with Crippen molar-refractivity contribution in [2.45, 2.75) is 51.4 Å². The molecule has 6 atom stereocenters. The molecule has 4 rings (SSSR count). The monoisotopic (exact) mass is 414 g/mol. The summed E-state index contributed by atoms with van der Waals surface area (Å²) in [5.41, 5.74) is 0. The standard InChI is InChI=1S/C24H38N4O2/c29-23(27-15-21-13-17-5-7-19(21)11-17)25-9-3-1-2-4-10-26-24(30)28-16-22-14-18-6-8-20(22)12-18/h5-8,17-22H,1-4,9-16H2,(H2,25,27,29)(H2,26,28,30)/t17?,18?,19?,20?,21-,22-/m1/s1. The van der Waals surface area contributed by atoms with Gasteiger partial charge in [0.2, 0.25) is 0 Å². The molecule has 2 saturated carbocycles. The van der Waals surface area contributed by atoms with Crippen LogP contribution in [0.15, 0.2) is 24.3 Å². The average Bonchev–Trinajstić information content (AvgIpc) is 3.54. The van der Waals surface area contributed by atoms with Gasteiger partial charge < -0.3 is 21.3 Å². The number of nitrogens with one attached hydrogen (secondary N) is 4. The molecule has 0 spiro atoms. The van der Waals surface area contributed by atoms with Gasteiger partial charge in [-0.05, 0) is 74.0 Å². The van der Waals surface area contributed by atoms with Crippen LogP contribution in [0.1, 0.15) is 51.4 Å². The normalized spacial score (nSPS) is 32.5. The topological polar surface area (TPSA) is 82.3 Å². The molecule has 4 aliphatic carbocycles. The summed E-state index contributed by atoms with van der Waals surface area (Å²) in [4.78, 5) is 23.8. The van der Waals surface area contributed by atoms with Gasteiger partial charge in [-0.25, -0.2) is 9.59 Å². The SMILES string of the molecule is O=C(NCCCCCCNC(=O)NC[C@H]1CC2C=CC1C2)NC[C@H]1CC2C=CC1C2. The third-order valence-corrected chi connectivity index (χ3v) is 7.56. The minimum atomic E-state index is -0.0361. The molecule has 0 heterocycles. The first-order chi connectivity index (χ1) is 14.7. The van der Waals surface area contributed by atoms with Crippen LogP contribution in [-0.2, 0) is 0 Å². The van der Waals surface area contributed by atoms with Gasteiger partial charge in [-0.15, -0.1) is 0 Å². The maximum Gasteiger partial charge on any atom is 0.314 e. The fourth-order valence-electron chi connectivity index (χ4n) is 5.84. The Hall–Kier alpha value is -1.98. The Bertz CT molecular complexity index is 606. The van der Waals surface area contributed by atoms with E-state index in [1.54, 1.807) is 0 Å². The number of rotatable bonds is 11. The summed E-state index contributed by atoms with van der Waals surface area (Å²) in [6, 6.07) is -0.0721. The second-order valence-corrected chi connectivity index (χ2v) is 9.77. The van der Waals surface area contributed by atoms with Crippen LogP contribution in [-0.4, -0.2) is 38.2 Å². The van der Waals surface area contributed by atoms with Crippen LogP contribution in [0.4, 0.5) is 9.59 Å². The second kappa shape index (κ2) is 10.4. The molecule has 4 N–H and O–H groups in total. The van der Waals surface area contributed by atoms with E-state index in [-0.39, 0.29) is 12.1 Å². The quantitative estimate of drug-likeness (QED) is 0.308. The summed E-state index contributed by atoms with van der Waals surface area (Å²) in [7, 11) is 0. The van der Waals surface area contributed by atoms with Gasteiger partial charge in [0.05, 0.1) is 0 Å². The van der Waals surface area contributed by atoms with Crippen molar-refractivity contribution in [3.05, 3.63) is 24.3 Å². The highest BCUT2D eigenvalue weighted by Gasteiger charge is 2.36. The number of fused-ring (bicyclic) bond motifs is 4. The van der Waals surface area contributed by atoms with Gasteiger partial charge in [0, 0.05) is 26.2 Å². The smallest absolute Gasteiger partial charge is 0.314 e. The van der Waals surface area contributed by atoms with Crippen LogP contribution in [0.3, 0.4) is 0 Å². The molecule has 4 amide bonds. The Kier molecular flexibility index (Phi) is 7.34. The van der Waals surface area contributed by atoms with E-state index in [1.807, 2.05) is 0 Å². The highest BCUT2D eigenvalue weighted by atomic mass is 16.2. The van der Waals surface area contributed by atoms with Crippen molar-refractivity contribution in [2.24, 2.45) is 35.5 Å². The van der Waals surface area contributed by atoms with Crippen LogP contribution < -0.4 is 21.3 Å². The molecule has 4 aliphatic rings. The minimum Gasteiger partial charge on any atom is -0.338 e.